The van der Waals surface area contributed by atoms with Gasteiger partial charge in [-0.1, -0.05) is 12.1 Å². The summed E-state index contributed by atoms with van der Waals surface area (Å²) in [6.07, 6.45) is 0.944. The molecule has 0 aromatic heterocycles. The minimum atomic E-state index is -4.20. The number of ether oxygens (including phenoxy) is 1. The highest BCUT2D eigenvalue weighted by molar-refractivity contribution is 7.89. The van der Waals surface area contributed by atoms with E-state index in [9.17, 15) is 22.0 Å². The van der Waals surface area contributed by atoms with Crippen molar-refractivity contribution in [2.45, 2.75) is 31.2 Å². The lowest BCUT2D eigenvalue weighted by Gasteiger charge is -2.38. The monoisotopic (exact) mass is 438 g/mol. The molecule has 0 saturated carbocycles. The molecule has 0 spiro atoms. The Morgan fingerprint density at radius 2 is 2.00 bits per heavy atom. The van der Waals surface area contributed by atoms with Crippen LogP contribution < -0.4 is 10.1 Å². The van der Waals surface area contributed by atoms with Crippen LogP contribution in [0.3, 0.4) is 0 Å². The third-order valence-electron chi connectivity index (χ3n) is 5.31. The summed E-state index contributed by atoms with van der Waals surface area (Å²) in [5.74, 6) is -1.62. The topological polar surface area (TPSA) is 75.7 Å². The van der Waals surface area contributed by atoms with E-state index in [0.717, 1.165) is 22.0 Å². The van der Waals surface area contributed by atoms with E-state index < -0.39 is 32.0 Å². The summed E-state index contributed by atoms with van der Waals surface area (Å²) < 4.78 is 59.3. The minimum Gasteiger partial charge on any atom is -0.497 e. The van der Waals surface area contributed by atoms with Crippen molar-refractivity contribution in [2.24, 2.45) is 5.41 Å². The standard InChI is InChI=1S/C21H24F2N2O4S/c1-21(20(26)24-13-15-5-3-6-17(11-15)29-2)9-4-10-25(14-21)30(27,28)19-8-7-16(22)12-18(19)23/h3,5-8,11-12H,4,9-10,13-14H2,1-2H3,(H,24,26). The molecule has 9 heteroatoms. The molecule has 2 aromatic rings. The fraction of sp³-hybridized carbons (Fsp3) is 0.381. The van der Waals surface area contributed by atoms with Gasteiger partial charge in [-0.05, 0) is 49.6 Å². The molecule has 0 bridgehead atoms. The Morgan fingerprint density at radius 3 is 2.70 bits per heavy atom. The van der Waals surface area contributed by atoms with Gasteiger partial charge in [0.2, 0.25) is 15.9 Å². The molecule has 1 aliphatic heterocycles. The van der Waals surface area contributed by atoms with Crippen molar-refractivity contribution < 1.29 is 26.7 Å². The first-order valence-corrected chi connectivity index (χ1v) is 11.0. The predicted molar refractivity (Wildman–Crippen MR) is 107 cm³/mol. The zero-order valence-corrected chi connectivity index (χ0v) is 17.6. The van der Waals surface area contributed by atoms with Crippen LogP contribution in [0.25, 0.3) is 0 Å². The van der Waals surface area contributed by atoms with Gasteiger partial charge in [-0.25, -0.2) is 17.2 Å². The number of halogens is 2. The third kappa shape index (κ3) is 4.62. The second kappa shape index (κ2) is 8.69. The number of benzene rings is 2. The molecule has 1 N–H and O–H groups in total. The zero-order valence-electron chi connectivity index (χ0n) is 16.8. The average molecular weight is 438 g/mol. The van der Waals surface area contributed by atoms with Crippen LogP contribution in [0, 0.1) is 17.0 Å². The quantitative estimate of drug-likeness (QED) is 0.752. The summed E-state index contributed by atoms with van der Waals surface area (Å²) in [6.45, 7) is 2.04. The highest BCUT2D eigenvalue weighted by atomic mass is 32.2. The van der Waals surface area contributed by atoms with Gasteiger partial charge in [-0.3, -0.25) is 4.79 Å². The zero-order chi connectivity index (χ0) is 21.9. The van der Waals surface area contributed by atoms with Crippen LogP contribution in [0.5, 0.6) is 5.75 Å². The van der Waals surface area contributed by atoms with Gasteiger partial charge >= 0.3 is 0 Å². The summed E-state index contributed by atoms with van der Waals surface area (Å²) in [5, 5.41) is 2.85. The van der Waals surface area contributed by atoms with Gasteiger partial charge in [-0.2, -0.15) is 4.31 Å². The predicted octanol–water partition coefficient (Wildman–Crippen LogP) is 3.08. The molecular weight excluding hydrogens is 414 g/mol. The Bertz CT molecular complexity index is 1050. The molecule has 2 aromatic carbocycles. The first-order chi connectivity index (χ1) is 14.2. The molecule has 6 nitrogen and oxygen atoms in total. The van der Waals surface area contributed by atoms with E-state index in [1.54, 1.807) is 26.2 Å². The van der Waals surface area contributed by atoms with Crippen molar-refractivity contribution in [1.29, 1.82) is 0 Å². The van der Waals surface area contributed by atoms with Crippen LogP contribution in [-0.2, 0) is 21.4 Å². The number of rotatable bonds is 6. The van der Waals surface area contributed by atoms with E-state index in [1.165, 1.54) is 0 Å². The van der Waals surface area contributed by atoms with Crippen LogP contribution in [0.2, 0.25) is 0 Å². The maximum Gasteiger partial charge on any atom is 0.246 e. The molecule has 1 saturated heterocycles. The Balaban J connectivity index is 1.73. The third-order valence-corrected chi connectivity index (χ3v) is 7.19. The SMILES string of the molecule is COc1cccc(CNC(=O)C2(C)CCCN(S(=O)(=O)c3ccc(F)cc3F)C2)c1. The molecule has 1 atom stereocenters. The molecule has 162 valence electrons. The summed E-state index contributed by atoms with van der Waals surface area (Å²) in [5.41, 5.74) is -0.124. The van der Waals surface area contributed by atoms with E-state index in [4.69, 9.17) is 4.74 Å². The van der Waals surface area contributed by atoms with E-state index in [-0.39, 0.29) is 25.5 Å². The van der Waals surface area contributed by atoms with Crippen molar-refractivity contribution in [2.75, 3.05) is 20.2 Å². The van der Waals surface area contributed by atoms with Gasteiger partial charge in [0.15, 0.2) is 0 Å². The van der Waals surface area contributed by atoms with Crippen LogP contribution in [-0.4, -0.2) is 38.8 Å². The van der Waals surface area contributed by atoms with Crippen LogP contribution in [0.15, 0.2) is 47.4 Å². The van der Waals surface area contributed by atoms with E-state index >= 15 is 0 Å². The number of methoxy groups -OCH3 is 1. The Labute approximate surface area is 174 Å². The molecule has 1 aliphatic rings. The highest BCUT2D eigenvalue weighted by Crippen LogP contribution is 2.33. The number of nitrogens with one attached hydrogen (secondary N) is 1. The number of carbonyl (C=O) groups excluding carboxylic acids is 1. The largest absolute Gasteiger partial charge is 0.497 e. The fourth-order valence-corrected chi connectivity index (χ4v) is 5.23. The lowest BCUT2D eigenvalue weighted by Crippen LogP contribution is -2.51. The molecule has 0 aliphatic carbocycles. The number of carbonyl (C=O) groups is 1. The summed E-state index contributed by atoms with van der Waals surface area (Å²) in [6, 6.07) is 9.61. The second-order valence-electron chi connectivity index (χ2n) is 7.61. The average Bonchev–Trinajstić information content (AvgIpc) is 2.72. The van der Waals surface area contributed by atoms with Gasteiger partial charge in [0.25, 0.3) is 0 Å². The smallest absolute Gasteiger partial charge is 0.246 e. The number of hydrogen-bond donors (Lipinski definition) is 1. The summed E-state index contributed by atoms with van der Waals surface area (Å²) >= 11 is 0. The molecule has 0 radical (unpaired) electrons. The lowest BCUT2D eigenvalue weighted by molar-refractivity contribution is -0.132. The minimum absolute atomic E-state index is 0.0872. The van der Waals surface area contributed by atoms with Gasteiger partial charge in [-0.15, -0.1) is 0 Å². The molecule has 1 unspecified atom stereocenters. The number of sulfonamides is 1. The van der Waals surface area contributed by atoms with Crippen molar-refractivity contribution in [3.8, 4) is 5.75 Å². The van der Waals surface area contributed by atoms with Crippen molar-refractivity contribution in [1.82, 2.24) is 9.62 Å². The number of hydrogen-bond acceptors (Lipinski definition) is 4. The van der Waals surface area contributed by atoms with Gasteiger partial charge in [0.1, 0.15) is 22.3 Å². The number of piperidine rings is 1. The fourth-order valence-electron chi connectivity index (χ4n) is 3.59. The van der Waals surface area contributed by atoms with E-state index in [0.29, 0.717) is 24.7 Å². The maximum atomic E-state index is 14.1. The second-order valence-corrected chi connectivity index (χ2v) is 9.52. The summed E-state index contributed by atoms with van der Waals surface area (Å²) in [4.78, 5) is 12.3. The summed E-state index contributed by atoms with van der Waals surface area (Å²) in [7, 11) is -2.64. The molecule has 1 fully saturated rings. The van der Waals surface area contributed by atoms with Gasteiger partial charge in [0, 0.05) is 25.7 Å². The normalized spacial score (nSPS) is 20.0. The molecule has 30 heavy (non-hydrogen) atoms. The molecule has 1 amide bonds. The lowest BCUT2D eigenvalue weighted by atomic mass is 9.82. The Morgan fingerprint density at radius 1 is 1.23 bits per heavy atom. The van der Waals surface area contributed by atoms with Crippen molar-refractivity contribution in [3.05, 3.63) is 59.7 Å². The molecule has 3 rings (SSSR count). The van der Waals surface area contributed by atoms with Gasteiger partial charge < -0.3 is 10.1 Å². The number of nitrogens with zero attached hydrogens (tertiary/aromatic N) is 1. The van der Waals surface area contributed by atoms with Crippen molar-refractivity contribution in [3.63, 3.8) is 0 Å². The maximum absolute atomic E-state index is 14.1. The Kier molecular flexibility index (Phi) is 6.42. The first-order valence-electron chi connectivity index (χ1n) is 9.52. The van der Waals surface area contributed by atoms with Crippen LogP contribution >= 0.6 is 0 Å². The highest BCUT2D eigenvalue weighted by Gasteiger charge is 2.42. The molecule has 1 heterocycles. The van der Waals surface area contributed by atoms with E-state index in [2.05, 4.69) is 5.32 Å². The van der Waals surface area contributed by atoms with Crippen LogP contribution in [0.4, 0.5) is 8.78 Å². The van der Waals surface area contributed by atoms with Gasteiger partial charge in [0.05, 0.1) is 12.5 Å². The molecular formula is C21H24F2N2O4S. The number of amides is 1. The van der Waals surface area contributed by atoms with Crippen LogP contribution in [0.1, 0.15) is 25.3 Å². The van der Waals surface area contributed by atoms with E-state index in [1.807, 2.05) is 12.1 Å². The Hall–Kier alpha value is -2.52. The first kappa shape index (κ1) is 22.2. The van der Waals surface area contributed by atoms with Crippen molar-refractivity contribution >= 4 is 15.9 Å².